The van der Waals surface area contributed by atoms with Crippen LogP contribution in [-0.2, 0) is 9.59 Å². The first-order valence-electron chi connectivity index (χ1n) is 4.75. The van der Waals surface area contributed by atoms with Gasteiger partial charge in [-0.05, 0) is 6.92 Å². The van der Waals surface area contributed by atoms with Gasteiger partial charge >= 0.3 is 0 Å². The van der Waals surface area contributed by atoms with Gasteiger partial charge in [-0.25, -0.2) is 0 Å². The molecule has 0 saturated carbocycles. The van der Waals surface area contributed by atoms with Crippen LogP contribution >= 0.6 is 0 Å². The van der Waals surface area contributed by atoms with E-state index in [1.54, 1.807) is 14.1 Å². The third-order valence-corrected chi connectivity index (χ3v) is 1.67. The predicted molar refractivity (Wildman–Crippen MR) is 54.9 cm³/mol. The van der Waals surface area contributed by atoms with E-state index in [0.717, 1.165) is 0 Å². The van der Waals surface area contributed by atoms with E-state index in [-0.39, 0.29) is 18.4 Å². The zero-order chi connectivity index (χ0) is 11.0. The monoisotopic (exact) mass is 201 g/mol. The van der Waals surface area contributed by atoms with E-state index < -0.39 is 0 Å². The van der Waals surface area contributed by atoms with E-state index in [2.05, 4.69) is 10.6 Å². The molecule has 0 saturated heterocycles. The van der Waals surface area contributed by atoms with Gasteiger partial charge in [0.1, 0.15) is 0 Å². The van der Waals surface area contributed by atoms with Gasteiger partial charge < -0.3 is 15.5 Å². The van der Waals surface area contributed by atoms with Crippen molar-refractivity contribution in [2.24, 2.45) is 0 Å². The third-order valence-electron chi connectivity index (χ3n) is 1.67. The van der Waals surface area contributed by atoms with Crippen LogP contribution in [0.5, 0.6) is 0 Å². The summed E-state index contributed by atoms with van der Waals surface area (Å²) in [4.78, 5) is 23.6. The second-order valence-corrected chi connectivity index (χ2v) is 3.17. The number of nitrogens with zero attached hydrogens (tertiary/aromatic N) is 1. The molecule has 0 fully saturated rings. The van der Waals surface area contributed by atoms with Crippen molar-refractivity contribution in [3.8, 4) is 0 Å². The maximum absolute atomic E-state index is 11.1. The van der Waals surface area contributed by atoms with Crippen LogP contribution in [0.3, 0.4) is 0 Å². The Morgan fingerprint density at radius 3 is 2.43 bits per heavy atom. The van der Waals surface area contributed by atoms with Crippen molar-refractivity contribution in [3.63, 3.8) is 0 Å². The van der Waals surface area contributed by atoms with Crippen molar-refractivity contribution in [1.82, 2.24) is 15.5 Å². The van der Waals surface area contributed by atoms with Crippen LogP contribution in [0.15, 0.2) is 0 Å². The van der Waals surface area contributed by atoms with Crippen LogP contribution in [0.1, 0.15) is 13.3 Å². The molecular formula is C9H19N3O2. The molecule has 0 aliphatic heterocycles. The molecule has 14 heavy (non-hydrogen) atoms. The summed E-state index contributed by atoms with van der Waals surface area (Å²) < 4.78 is 0. The zero-order valence-corrected chi connectivity index (χ0v) is 9.09. The number of amides is 2. The number of carbonyl (C=O) groups is 2. The molecule has 0 radical (unpaired) electrons. The fourth-order valence-corrected chi connectivity index (χ4v) is 0.881. The third kappa shape index (κ3) is 6.42. The molecule has 0 aromatic heterocycles. The molecule has 0 rings (SSSR count). The average molecular weight is 201 g/mol. The van der Waals surface area contributed by atoms with Crippen LogP contribution in [0, 0.1) is 0 Å². The Morgan fingerprint density at radius 1 is 1.29 bits per heavy atom. The van der Waals surface area contributed by atoms with Crippen LogP contribution in [0.2, 0.25) is 0 Å². The number of likely N-dealkylation sites (N-methyl/N-ethyl adjacent to an activating group) is 1. The van der Waals surface area contributed by atoms with Crippen LogP contribution < -0.4 is 10.6 Å². The van der Waals surface area contributed by atoms with Crippen molar-refractivity contribution < 1.29 is 9.59 Å². The second-order valence-electron chi connectivity index (χ2n) is 3.17. The molecule has 0 spiro atoms. The lowest BCUT2D eigenvalue weighted by Gasteiger charge is -2.10. The lowest BCUT2D eigenvalue weighted by atomic mass is 10.4. The SMILES string of the molecule is CCNC(=O)CNCCC(=O)N(C)C. The van der Waals surface area contributed by atoms with Crippen LogP contribution in [0.25, 0.3) is 0 Å². The summed E-state index contributed by atoms with van der Waals surface area (Å²) in [6.45, 7) is 3.31. The average Bonchev–Trinajstić information content (AvgIpc) is 2.12. The molecule has 0 aromatic carbocycles. The summed E-state index contributed by atoms with van der Waals surface area (Å²) >= 11 is 0. The normalized spacial score (nSPS) is 9.64. The molecule has 0 bridgehead atoms. The first-order chi connectivity index (χ1) is 6.57. The van der Waals surface area contributed by atoms with Crippen molar-refractivity contribution in [3.05, 3.63) is 0 Å². The van der Waals surface area contributed by atoms with Crippen molar-refractivity contribution in [2.75, 3.05) is 33.7 Å². The van der Waals surface area contributed by atoms with Crippen molar-refractivity contribution in [1.29, 1.82) is 0 Å². The summed E-state index contributed by atoms with van der Waals surface area (Å²) in [6.07, 6.45) is 0.423. The molecule has 5 heteroatoms. The standard InChI is InChI=1S/C9H19N3O2/c1-4-11-8(13)7-10-6-5-9(14)12(2)3/h10H,4-7H2,1-3H3,(H,11,13). The minimum Gasteiger partial charge on any atom is -0.355 e. The highest BCUT2D eigenvalue weighted by molar-refractivity contribution is 5.78. The molecule has 0 heterocycles. The molecule has 82 valence electrons. The Hall–Kier alpha value is -1.10. The van der Waals surface area contributed by atoms with Gasteiger partial charge in [0.25, 0.3) is 0 Å². The number of hydrogen-bond donors (Lipinski definition) is 2. The molecule has 0 aromatic rings. The highest BCUT2D eigenvalue weighted by atomic mass is 16.2. The summed E-state index contributed by atoms with van der Waals surface area (Å²) in [7, 11) is 3.43. The van der Waals surface area contributed by atoms with Crippen LogP contribution in [-0.4, -0.2) is 50.4 Å². The summed E-state index contributed by atoms with van der Waals surface area (Å²) in [5.74, 6) is 0.0261. The molecule has 2 N–H and O–H groups in total. The second kappa shape index (κ2) is 7.32. The molecular weight excluding hydrogens is 182 g/mol. The van der Waals surface area contributed by atoms with Gasteiger partial charge in [0.2, 0.25) is 11.8 Å². The minimum absolute atomic E-state index is 0.0372. The Labute approximate surface area is 84.8 Å². The predicted octanol–water partition coefficient (Wildman–Crippen LogP) is -0.810. The van der Waals surface area contributed by atoms with Gasteiger partial charge in [-0.3, -0.25) is 9.59 Å². The van der Waals surface area contributed by atoms with Gasteiger partial charge in [-0.1, -0.05) is 0 Å². The molecule has 0 unspecified atom stereocenters. The van der Waals surface area contributed by atoms with E-state index in [9.17, 15) is 9.59 Å². The topological polar surface area (TPSA) is 61.4 Å². The zero-order valence-electron chi connectivity index (χ0n) is 9.09. The summed E-state index contributed by atoms with van der Waals surface area (Å²) in [5, 5.41) is 5.56. The largest absolute Gasteiger partial charge is 0.355 e. The fourth-order valence-electron chi connectivity index (χ4n) is 0.881. The lowest BCUT2D eigenvalue weighted by molar-refractivity contribution is -0.128. The molecule has 0 atom stereocenters. The van der Waals surface area contributed by atoms with Gasteiger partial charge in [-0.2, -0.15) is 0 Å². The first kappa shape index (κ1) is 12.9. The van der Waals surface area contributed by atoms with E-state index in [1.165, 1.54) is 4.90 Å². The quantitative estimate of drug-likeness (QED) is 0.553. The van der Waals surface area contributed by atoms with E-state index in [4.69, 9.17) is 0 Å². The van der Waals surface area contributed by atoms with Gasteiger partial charge in [0.15, 0.2) is 0 Å². The highest BCUT2D eigenvalue weighted by Gasteiger charge is 2.03. The Balaban J connectivity index is 3.38. The van der Waals surface area contributed by atoms with E-state index >= 15 is 0 Å². The van der Waals surface area contributed by atoms with Gasteiger partial charge in [-0.15, -0.1) is 0 Å². The van der Waals surface area contributed by atoms with Crippen LogP contribution in [0.4, 0.5) is 0 Å². The van der Waals surface area contributed by atoms with Crippen molar-refractivity contribution in [2.45, 2.75) is 13.3 Å². The maximum Gasteiger partial charge on any atom is 0.233 e. The van der Waals surface area contributed by atoms with Crippen molar-refractivity contribution >= 4 is 11.8 Å². The minimum atomic E-state index is -0.0372. The lowest BCUT2D eigenvalue weighted by Crippen LogP contribution is -2.35. The molecule has 5 nitrogen and oxygen atoms in total. The summed E-state index contributed by atoms with van der Waals surface area (Å²) in [6, 6.07) is 0. The maximum atomic E-state index is 11.1. The highest BCUT2D eigenvalue weighted by Crippen LogP contribution is 1.84. The molecule has 0 aliphatic rings. The molecule has 2 amide bonds. The smallest absolute Gasteiger partial charge is 0.233 e. The Kier molecular flexibility index (Phi) is 6.74. The fraction of sp³-hybridized carbons (Fsp3) is 0.778. The number of hydrogen-bond acceptors (Lipinski definition) is 3. The van der Waals surface area contributed by atoms with Gasteiger partial charge in [0.05, 0.1) is 6.54 Å². The molecule has 0 aliphatic carbocycles. The van der Waals surface area contributed by atoms with Gasteiger partial charge in [0, 0.05) is 33.6 Å². The number of rotatable bonds is 6. The number of nitrogens with one attached hydrogen (secondary N) is 2. The first-order valence-corrected chi connectivity index (χ1v) is 4.75. The number of carbonyl (C=O) groups excluding carboxylic acids is 2. The summed E-state index contributed by atoms with van der Waals surface area (Å²) in [5.41, 5.74) is 0. The van der Waals surface area contributed by atoms with E-state index in [1.807, 2.05) is 6.92 Å². The van der Waals surface area contributed by atoms with E-state index in [0.29, 0.717) is 19.5 Å². The Morgan fingerprint density at radius 2 is 1.93 bits per heavy atom. The Bertz CT molecular complexity index is 192.